The third-order valence-corrected chi connectivity index (χ3v) is 6.12. The number of amides is 2. The van der Waals surface area contributed by atoms with Crippen molar-refractivity contribution in [2.75, 3.05) is 5.32 Å². The molecule has 4 rings (SSSR count). The summed E-state index contributed by atoms with van der Waals surface area (Å²) in [5.74, 6) is 5.60. The first-order valence-electron chi connectivity index (χ1n) is 11.2. The molecule has 0 saturated heterocycles. The maximum absolute atomic E-state index is 13.0. The normalized spacial score (nSPS) is 10.8. The number of halogens is 3. The number of hydrogen-bond donors (Lipinski definition) is 2. The summed E-state index contributed by atoms with van der Waals surface area (Å²) < 4.78 is 38.9. The molecule has 2 N–H and O–H groups in total. The standard InChI is InChI=1S/C27H20F3N5O2S/c1-17-2-3-20(24(36)14-22-13-21(8-11-32-22)27(28,29)30)12-19(17)4-5-23-16-34-26(38-23)35-25(37)33-15-18-6-9-31-10-7-18/h2-3,6-13,16H,14-15H2,1H3,(H2,33,34,35,37). The zero-order chi connectivity index (χ0) is 27.1. The third-order valence-electron chi connectivity index (χ3n) is 5.29. The second kappa shape index (κ2) is 11.7. The Morgan fingerprint density at radius 3 is 2.55 bits per heavy atom. The van der Waals surface area contributed by atoms with Gasteiger partial charge in [-0.25, -0.2) is 9.78 Å². The number of benzene rings is 1. The van der Waals surface area contributed by atoms with E-state index in [9.17, 15) is 22.8 Å². The molecule has 0 fully saturated rings. The van der Waals surface area contributed by atoms with Crippen molar-refractivity contribution >= 4 is 28.3 Å². The van der Waals surface area contributed by atoms with Crippen LogP contribution in [-0.2, 0) is 19.1 Å². The molecule has 0 saturated carbocycles. The van der Waals surface area contributed by atoms with E-state index in [2.05, 4.69) is 37.4 Å². The lowest BCUT2D eigenvalue weighted by Crippen LogP contribution is -2.28. The number of ketones is 1. The lowest BCUT2D eigenvalue weighted by molar-refractivity contribution is -0.137. The van der Waals surface area contributed by atoms with Gasteiger partial charge < -0.3 is 5.32 Å². The Morgan fingerprint density at radius 1 is 1.00 bits per heavy atom. The maximum atomic E-state index is 13.0. The molecule has 0 atom stereocenters. The van der Waals surface area contributed by atoms with Gasteiger partial charge in [-0.3, -0.25) is 20.1 Å². The molecule has 38 heavy (non-hydrogen) atoms. The van der Waals surface area contributed by atoms with Crippen LogP contribution in [0.4, 0.5) is 23.1 Å². The quantitative estimate of drug-likeness (QED) is 0.254. The molecule has 0 aliphatic rings. The SMILES string of the molecule is Cc1ccc(C(=O)Cc2cc(C(F)(F)F)ccn2)cc1C#Cc1cnc(NC(=O)NCc2ccncc2)s1. The molecule has 0 aliphatic carbocycles. The van der Waals surface area contributed by atoms with Crippen molar-refractivity contribution in [2.24, 2.45) is 0 Å². The van der Waals surface area contributed by atoms with Crippen molar-refractivity contribution in [1.82, 2.24) is 20.3 Å². The van der Waals surface area contributed by atoms with Crippen LogP contribution in [0.5, 0.6) is 0 Å². The van der Waals surface area contributed by atoms with Crippen LogP contribution in [0.25, 0.3) is 0 Å². The molecule has 0 bridgehead atoms. The zero-order valence-corrected chi connectivity index (χ0v) is 20.8. The summed E-state index contributed by atoms with van der Waals surface area (Å²) in [6, 6.07) is 9.86. The highest BCUT2D eigenvalue weighted by Crippen LogP contribution is 2.29. The van der Waals surface area contributed by atoms with Crippen molar-refractivity contribution in [3.05, 3.63) is 106 Å². The first kappa shape index (κ1) is 26.5. The van der Waals surface area contributed by atoms with E-state index in [1.54, 1.807) is 42.7 Å². The van der Waals surface area contributed by atoms with E-state index in [0.717, 1.165) is 29.5 Å². The molecular formula is C27H20F3N5O2S. The van der Waals surface area contributed by atoms with Crippen LogP contribution in [-0.4, -0.2) is 26.8 Å². The van der Waals surface area contributed by atoms with Gasteiger partial charge in [-0.15, -0.1) is 0 Å². The number of nitrogens with zero attached hydrogens (tertiary/aromatic N) is 3. The molecule has 3 aromatic heterocycles. The summed E-state index contributed by atoms with van der Waals surface area (Å²) in [5.41, 5.74) is 1.82. The topological polar surface area (TPSA) is 96.9 Å². The predicted molar refractivity (Wildman–Crippen MR) is 137 cm³/mol. The van der Waals surface area contributed by atoms with Crippen molar-refractivity contribution in [2.45, 2.75) is 26.1 Å². The Morgan fingerprint density at radius 2 is 1.79 bits per heavy atom. The Kier molecular flexibility index (Phi) is 8.13. The van der Waals surface area contributed by atoms with E-state index in [4.69, 9.17) is 0 Å². The third kappa shape index (κ3) is 7.24. The van der Waals surface area contributed by atoms with Crippen molar-refractivity contribution in [3.63, 3.8) is 0 Å². The van der Waals surface area contributed by atoms with Gasteiger partial charge in [-0.2, -0.15) is 13.2 Å². The maximum Gasteiger partial charge on any atom is 0.416 e. The number of alkyl halides is 3. The van der Waals surface area contributed by atoms with Gasteiger partial charge in [-0.05, 0) is 54.3 Å². The highest BCUT2D eigenvalue weighted by atomic mass is 32.1. The van der Waals surface area contributed by atoms with Gasteiger partial charge in [0.15, 0.2) is 10.9 Å². The number of anilines is 1. The molecule has 0 aliphatic heterocycles. The number of aryl methyl sites for hydroxylation is 1. The molecule has 11 heteroatoms. The van der Waals surface area contributed by atoms with Gasteiger partial charge in [-0.1, -0.05) is 29.4 Å². The van der Waals surface area contributed by atoms with E-state index < -0.39 is 17.8 Å². The highest BCUT2D eigenvalue weighted by Gasteiger charge is 2.30. The van der Waals surface area contributed by atoms with E-state index in [1.807, 2.05) is 6.92 Å². The fourth-order valence-electron chi connectivity index (χ4n) is 3.29. The molecule has 192 valence electrons. The number of Topliss-reactive ketones (excluding diaryl/α,β-unsaturated/α-hetero) is 1. The van der Waals surface area contributed by atoms with E-state index in [-0.39, 0.29) is 17.9 Å². The van der Waals surface area contributed by atoms with E-state index in [1.165, 1.54) is 17.5 Å². The molecule has 0 radical (unpaired) electrons. The summed E-state index contributed by atoms with van der Waals surface area (Å²) in [4.78, 5) is 37.4. The lowest BCUT2D eigenvalue weighted by Gasteiger charge is -2.08. The van der Waals surface area contributed by atoms with Crippen LogP contribution >= 0.6 is 11.3 Å². The number of hydrogen-bond acceptors (Lipinski definition) is 6. The monoisotopic (exact) mass is 535 g/mol. The predicted octanol–water partition coefficient (Wildman–Crippen LogP) is 5.41. The molecule has 7 nitrogen and oxygen atoms in total. The molecule has 4 aromatic rings. The number of rotatable bonds is 6. The Bertz CT molecular complexity index is 1520. The summed E-state index contributed by atoms with van der Waals surface area (Å²) >= 11 is 1.19. The van der Waals surface area contributed by atoms with Gasteiger partial charge in [0, 0.05) is 42.0 Å². The van der Waals surface area contributed by atoms with Gasteiger partial charge in [0.05, 0.1) is 23.1 Å². The Labute approximate surface area is 220 Å². The average molecular weight is 536 g/mol. The van der Waals surface area contributed by atoms with Crippen LogP contribution in [0.1, 0.15) is 43.2 Å². The van der Waals surface area contributed by atoms with Crippen LogP contribution < -0.4 is 10.6 Å². The van der Waals surface area contributed by atoms with Crippen LogP contribution in [0, 0.1) is 18.8 Å². The summed E-state index contributed by atoms with van der Waals surface area (Å²) in [7, 11) is 0. The minimum Gasteiger partial charge on any atom is -0.334 e. The molecule has 0 spiro atoms. The fourth-order valence-corrected chi connectivity index (χ4v) is 3.96. The van der Waals surface area contributed by atoms with Gasteiger partial charge in [0.1, 0.15) is 0 Å². The molecular weight excluding hydrogens is 515 g/mol. The number of carbonyl (C=O) groups is 2. The second-order valence-electron chi connectivity index (χ2n) is 8.11. The zero-order valence-electron chi connectivity index (χ0n) is 20.0. The van der Waals surface area contributed by atoms with Crippen LogP contribution in [0.3, 0.4) is 0 Å². The number of thiazole rings is 1. The number of pyridine rings is 2. The molecule has 0 unspecified atom stereocenters. The smallest absolute Gasteiger partial charge is 0.334 e. The number of aromatic nitrogens is 3. The molecule has 3 heterocycles. The van der Waals surface area contributed by atoms with E-state index >= 15 is 0 Å². The molecule has 1 aromatic carbocycles. The van der Waals surface area contributed by atoms with Crippen LogP contribution in [0.2, 0.25) is 0 Å². The highest BCUT2D eigenvalue weighted by molar-refractivity contribution is 7.16. The van der Waals surface area contributed by atoms with Gasteiger partial charge in [0.2, 0.25) is 0 Å². The first-order chi connectivity index (χ1) is 18.2. The first-order valence-corrected chi connectivity index (χ1v) is 12.1. The Balaban J connectivity index is 1.40. The number of urea groups is 1. The van der Waals surface area contributed by atoms with Crippen molar-refractivity contribution in [3.8, 4) is 11.8 Å². The summed E-state index contributed by atoms with van der Waals surface area (Å²) in [5, 5.41) is 5.75. The second-order valence-corrected chi connectivity index (χ2v) is 9.14. The van der Waals surface area contributed by atoms with Gasteiger partial charge in [0.25, 0.3) is 0 Å². The minimum atomic E-state index is -4.51. The molecule has 2 amide bonds. The van der Waals surface area contributed by atoms with Gasteiger partial charge >= 0.3 is 12.2 Å². The number of nitrogens with one attached hydrogen (secondary N) is 2. The van der Waals surface area contributed by atoms with Crippen molar-refractivity contribution < 1.29 is 22.8 Å². The Hall–Kier alpha value is -4.56. The lowest BCUT2D eigenvalue weighted by atomic mass is 10.00. The fraction of sp³-hybridized carbons (Fsp3) is 0.148. The number of carbonyl (C=O) groups excluding carboxylic acids is 2. The minimum absolute atomic E-state index is 0.0348. The summed E-state index contributed by atoms with van der Waals surface area (Å²) in [6.07, 6.45) is 1.07. The largest absolute Gasteiger partial charge is 0.416 e. The van der Waals surface area contributed by atoms with Crippen molar-refractivity contribution in [1.29, 1.82) is 0 Å². The van der Waals surface area contributed by atoms with E-state index in [0.29, 0.717) is 27.7 Å². The van der Waals surface area contributed by atoms with Crippen LogP contribution in [0.15, 0.2) is 67.3 Å². The summed E-state index contributed by atoms with van der Waals surface area (Å²) in [6.45, 7) is 2.17. The average Bonchev–Trinajstić information content (AvgIpc) is 3.34.